The summed E-state index contributed by atoms with van der Waals surface area (Å²) in [6.07, 6.45) is 0.996. The quantitative estimate of drug-likeness (QED) is 0.776. The number of hydrogen-bond donors (Lipinski definition) is 2. The van der Waals surface area contributed by atoms with Crippen molar-refractivity contribution in [1.82, 2.24) is 0 Å². The number of phenols is 1. The number of aliphatic hydroxyl groups is 1. The van der Waals surface area contributed by atoms with Gasteiger partial charge in [0.05, 0.1) is 6.10 Å². The van der Waals surface area contributed by atoms with Crippen molar-refractivity contribution in [1.29, 1.82) is 0 Å². The number of fused-ring (bicyclic) bond motifs is 3. The van der Waals surface area contributed by atoms with Crippen LogP contribution in [-0.2, 0) is 5.41 Å². The Balaban J connectivity index is 1.80. The van der Waals surface area contributed by atoms with Crippen LogP contribution in [0.4, 0.5) is 4.39 Å². The Morgan fingerprint density at radius 2 is 2.00 bits per heavy atom. The molecular formula is C18H17FO2. The summed E-state index contributed by atoms with van der Waals surface area (Å²) in [7, 11) is 0. The topological polar surface area (TPSA) is 40.5 Å². The number of alkyl halides is 1. The Morgan fingerprint density at radius 1 is 1.14 bits per heavy atom. The van der Waals surface area contributed by atoms with Crippen molar-refractivity contribution in [2.45, 2.75) is 37.0 Å². The highest BCUT2D eigenvalue weighted by atomic mass is 19.1. The summed E-state index contributed by atoms with van der Waals surface area (Å²) in [5.74, 6) is 0.822. The fraction of sp³-hybridized carbons (Fsp3) is 0.444. The molecule has 0 radical (unpaired) electrons. The molecule has 0 saturated heterocycles. The van der Waals surface area contributed by atoms with E-state index in [-0.39, 0.29) is 23.2 Å². The van der Waals surface area contributed by atoms with Crippen LogP contribution in [0.3, 0.4) is 0 Å². The highest BCUT2D eigenvalue weighted by molar-refractivity contribution is 5.89. The van der Waals surface area contributed by atoms with Gasteiger partial charge in [0.1, 0.15) is 11.9 Å². The zero-order valence-corrected chi connectivity index (χ0v) is 11.6. The number of hydrogen-bond acceptors (Lipinski definition) is 2. The van der Waals surface area contributed by atoms with Crippen LogP contribution in [0.25, 0.3) is 10.8 Å². The molecule has 3 heteroatoms. The summed E-state index contributed by atoms with van der Waals surface area (Å²) < 4.78 is 14.8. The van der Waals surface area contributed by atoms with E-state index in [1.165, 1.54) is 0 Å². The largest absolute Gasteiger partial charge is 0.508 e. The van der Waals surface area contributed by atoms with Gasteiger partial charge < -0.3 is 10.2 Å². The van der Waals surface area contributed by atoms with Crippen molar-refractivity contribution in [3.05, 3.63) is 41.5 Å². The molecule has 2 N–H and O–H groups in total. The van der Waals surface area contributed by atoms with Crippen LogP contribution in [0.2, 0.25) is 0 Å². The molecule has 2 fully saturated rings. The van der Waals surface area contributed by atoms with E-state index in [9.17, 15) is 14.6 Å². The number of aliphatic hydroxyl groups excluding tert-OH is 1. The predicted molar refractivity (Wildman–Crippen MR) is 78.0 cm³/mol. The number of aromatic hydroxyl groups is 1. The van der Waals surface area contributed by atoms with E-state index < -0.39 is 6.17 Å². The number of benzene rings is 2. The third-order valence-corrected chi connectivity index (χ3v) is 6.13. The molecule has 108 valence electrons. The summed E-state index contributed by atoms with van der Waals surface area (Å²) in [6, 6.07) is 9.18. The molecule has 21 heavy (non-hydrogen) atoms. The molecule has 3 aliphatic rings. The van der Waals surface area contributed by atoms with Crippen LogP contribution in [-0.4, -0.2) is 16.3 Å². The summed E-state index contributed by atoms with van der Waals surface area (Å²) in [6.45, 7) is 0. The maximum Gasteiger partial charge on any atom is 0.126 e. The first-order chi connectivity index (χ1) is 10.1. The van der Waals surface area contributed by atoms with E-state index in [1.807, 2.05) is 18.2 Å². The second kappa shape index (κ2) is 3.58. The lowest BCUT2D eigenvalue weighted by Gasteiger charge is -2.36. The lowest BCUT2D eigenvalue weighted by Crippen LogP contribution is -2.33. The van der Waals surface area contributed by atoms with Gasteiger partial charge in [0.15, 0.2) is 0 Å². The Hall–Kier alpha value is -1.61. The lowest BCUT2D eigenvalue weighted by atomic mass is 9.70. The van der Waals surface area contributed by atoms with E-state index in [1.54, 1.807) is 12.1 Å². The minimum Gasteiger partial charge on any atom is -0.508 e. The first-order valence-electron chi connectivity index (χ1n) is 7.69. The van der Waals surface area contributed by atoms with E-state index in [2.05, 4.69) is 0 Å². The third kappa shape index (κ3) is 1.31. The Kier molecular flexibility index (Phi) is 2.05. The zero-order chi connectivity index (χ0) is 14.4. The van der Waals surface area contributed by atoms with Crippen LogP contribution in [0.1, 0.15) is 36.6 Å². The average molecular weight is 284 g/mol. The van der Waals surface area contributed by atoms with Crippen molar-refractivity contribution in [3.63, 3.8) is 0 Å². The maximum absolute atomic E-state index is 14.8. The summed E-state index contributed by atoms with van der Waals surface area (Å²) >= 11 is 0. The molecule has 2 saturated carbocycles. The third-order valence-electron chi connectivity index (χ3n) is 6.13. The Morgan fingerprint density at radius 3 is 2.86 bits per heavy atom. The molecule has 0 aliphatic heterocycles. The molecule has 2 aromatic carbocycles. The van der Waals surface area contributed by atoms with Gasteiger partial charge in [0.25, 0.3) is 0 Å². The van der Waals surface area contributed by atoms with Crippen LogP contribution < -0.4 is 0 Å². The monoisotopic (exact) mass is 284 g/mol. The smallest absolute Gasteiger partial charge is 0.126 e. The maximum atomic E-state index is 14.8. The molecule has 2 nitrogen and oxygen atoms in total. The summed E-state index contributed by atoms with van der Waals surface area (Å²) in [4.78, 5) is 0. The second-order valence-electron chi connectivity index (χ2n) is 6.99. The molecule has 0 amide bonds. The molecule has 0 aromatic heterocycles. The first kappa shape index (κ1) is 12.0. The van der Waals surface area contributed by atoms with Gasteiger partial charge in [0, 0.05) is 5.41 Å². The van der Waals surface area contributed by atoms with Gasteiger partial charge in [-0.3, -0.25) is 0 Å². The van der Waals surface area contributed by atoms with Crippen molar-refractivity contribution in [2.75, 3.05) is 0 Å². The van der Waals surface area contributed by atoms with Crippen molar-refractivity contribution in [3.8, 4) is 5.75 Å². The standard InChI is InChI=1S/C18H17FO2/c19-15-7-14-16(21)6-10-8-18(10,14)13-4-1-9-5-11(20)2-3-12(9)17(13)15/h1-5,10,14-16,20-21H,6-8H2/t10-,14?,15+,16+,18+/m1/s1. The summed E-state index contributed by atoms with van der Waals surface area (Å²) in [5.41, 5.74) is 1.95. The SMILES string of the molecule is Oc1ccc2c3c(ccc2c1)[C@]12C[C@H]1C[C@H](O)C2C[C@@H]3F. The molecule has 0 bridgehead atoms. The predicted octanol–water partition coefficient (Wildman–Crippen LogP) is 3.60. The van der Waals surface area contributed by atoms with E-state index >= 15 is 0 Å². The molecule has 1 spiro atoms. The molecule has 2 aromatic rings. The van der Waals surface area contributed by atoms with Gasteiger partial charge in [-0.15, -0.1) is 0 Å². The first-order valence-corrected chi connectivity index (χ1v) is 7.69. The fourth-order valence-electron chi connectivity index (χ4n) is 5.22. The van der Waals surface area contributed by atoms with Crippen molar-refractivity contribution < 1.29 is 14.6 Å². The number of phenolic OH excluding ortho intramolecular Hbond substituents is 1. The fourth-order valence-corrected chi connectivity index (χ4v) is 5.22. The number of rotatable bonds is 0. The molecule has 3 aliphatic carbocycles. The Labute approximate surface area is 122 Å². The van der Waals surface area contributed by atoms with Crippen molar-refractivity contribution in [2.24, 2.45) is 11.8 Å². The summed E-state index contributed by atoms with van der Waals surface area (Å²) in [5, 5.41) is 21.6. The van der Waals surface area contributed by atoms with Gasteiger partial charge in [0.2, 0.25) is 0 Å². The normalized spacial score (nSPS) is 39.7. The van der Waals surface area contributed by atoms with Crippen LogP contribution in [0.5, 0.6) is 5.75 Å². The van der Waals surface area contributed by atoms with Crippen LogP contribution >= 0.6 is 0 Å². The van der Waals surface area contributed by atoms with Crippen LogP contribution in [0.15, 0.2) is 30.3 Å². The van der Waals surface area contributed by atoms with Gasteiger partial charge in [-0.25, -0.2) is 4.39 Å². The van der Waals surface area contributed by atoms with Crippen LogP contribution in [0, 0.1) is 11.8 Å². The van der Waals surface area contributed by atoms with Gasteiger partial charge in [-0.2, -0.15) is 0 Å². The van der Waals surface area contributed by atoms with Crippen molar-refractivity contribution >= 4 is 10.8 Å². The minimum absolute atomic E-state index is 0.0312. The lowest BCUT2D eigenvalue weighted by molar-refractivity contribution is 0.0763. The highest BCUT2D eigenvalue weighted by Gasteiger charge is 2.69. The number of halogens is 1. The molecule has 5 atom stereocenters. The van der Waals surface area contributed by atoms with Gasteiger partial charge in [-0.1, -0.05) is 18.2 Å². The highest BCUT2D eigenvalue weighted by Crippen LogP contribution is 2.72. The average Bonchev–Trinajstić information content (AvgIpc) is 3.08. The Bertz CT molecular complexity index is 771. The van der Waals surface area contributed by atoms with E-state index in [0.717, 1.165) is 34.7 Å². The van der Waals surface area contributed by atoms with E-state index in [0.29, 0.717) is 12.3 Å². The molecule has 5 rings (SSSR count). The molecule has 0 heterocycles. The van der Waals surface area contributed by atoms with E-state index in [4.69, 9.17) is 0 Å². The molecular weight excluding hydrogens is 267 g/mol. The molecule has 1 unspecified atom stereocenters. The van der Waals surface area contributed by atoms with Gasteiger partial charge in [-0.05, 0) is 65.1 Å². The zero-order valence-electron chi connectivity index (χ0n) is 11.6. The van der Waals surface area contributed by atoms with Gasteiger partial charge >= 0.3 is 0 Å². The second-order valence-corrected chi connectivity index (χ2v) is 6.99. The minimum atomic E-state index is -1.02.